The molecule has 0 saturated carbocycles. The highest BCUT2D eigenvalue weighted by Gasteiger charge is 2.14. The van der Waals surface area contributed by atoms with E-state index in [9.17, 15) is 14.7 Å². The lowest BCUT2D eigenvalue weighted by atomic mass is 10.0. The third-order valence-corrected chi connectivity index (χ3v) is 5.14. The molecule has 0 fully saturated rings. The highest BCUT2D eigenvalue weighted by atomic mass is 16.4. The van der Waals surface area contributed by atoms with Crippen molar-refractivity contribution >= 4 is 22.6 Å². The summed E-state index contributed by atoms with van der Waals surface area (Å²) in [5.74, 6) is -0.0121. The van der Waals surface area contributed by atoms with Crippen LogP contribution in [-0.2, 0) is 17.8 Å². The van der Waals surface area contributed by atoms with Gasteiger partial charge < -0.3 is 14.8 Å². The lowest BCUT2D eigenvalue weighted by Crippen LogP contribution is -2.30. The predicted molar refractivity (Wildman–Crippen MR) is 114 cm³/mol. The van der Waals surface area contributed by atoms with Crippen LogP contribution in [-0.4, -0.2) is 29.5 Å². The minimum atomic E-state index is -0.482. The number of nitrogens with zero attached hydrogens (tertiary/aromatic N) is 1. The zero-order chi connectivity index (χ0) is 21.1. The molecule has 1 heterocycles. The van der Waals surface area contributed by atoms with Crippen molar-refractivity contribution in [1.29, 1.82) is 0 Å². The van der Waals surface area contributed by atoms with E-state index < -0.39 is 5.63 Å². The molecule has 2 N–H and O–H groups in total. The van der Waals surface area contributed by atoms with Crippen LogP contribution in [0.2, 0.25) is 0 Å². The van der Waals surface area contributed by atoms with Gasteiger partial charge in [-0.1, -0.05) is 19.1 Å². The van der Waals surface area contributed by atoms with E-state index in [1.165, 1.54) is 12.1 Å². The standard InChI is InChI=1S/C23H26N2O4/c1-5-16-9-18-17(10-23(28)29-21(18)11-20(16)26)12-25(4)13-22(27)24-19-8-6-7-14(2)15(19)3/h6-11,26H,5,12-13H2,1-4H3,(H,24,27). The largest absolute Gasteiger partial charge is 0.508 e. The van der Waals surface area contributed by atoms with Crippen LogP contribution in [0, 0.1) is 13.8 Å². The molecule has 152 valence electrons. The van der Waals surface area contributed by atoms with Crippen molar-refractivity contribution in [2.24, 2.45) is 0 Å². The van der Waals surface area contributed by atoms with Crippen molar-refractivity contribution in [2.75, 3.05) is 18.9 Å². The lowest BCUT2D eigenvalue weighted by Gasteiger charge is -2.18. The van der Waals surface area contributed by atoms with Gasteiger partial charge in [-0.2, -0.15) is 0 Å². The Bertz CT molecular complexity index is 1120. The summed E-state index contributed by atoms with van der Waals surface area (Å²) in [5, 5.41) is 13.8. The number of amides is 1. The number of benzene rings is 2. The van der Waals surface area contributed by atoms with E-state index in [4.69, 9.17) is 4.42 Å². The maximum Gasteiger partial charge on any atom is 0.336 e. The van der Waals surface area contributed by atoms with Gasteiger partial charge in [0, 0.05) is 29.8 Å². The molecular formula is C23H26N2O4. The Morgan fingerprint density at radius 1 is 1.17 bits per heavy atom. The van der Waals surface area contributed by atoms with Crippen molar-refractivity contribution in [3.8, 4) is 5.75 Å². The molecule has 3 aromatic rings. The smallest absolute Gasteiger partial charge is 0.336 e. The van der Waals surface area contributed by atoms with Gasteiger partial charge in [0.15, 0.2) is 0 Å². The van der Waals surface area contributed by atoms with Crippen molar-refractivity contribution in [3.05, 3.63) is 69.1 Å². The van der Waals surface area contributed by atoms with Crippen LogP contribution >= 0.6 is 0 Å². The molecule has 3 rings (SSSR count). The van der Waals surface area contributed by atoms with E-state index in [-0.39, 0.29) is 18.2 Å². The molecule has 0 atom stereocenters. The van der Waals surface area contributed by atoms with E-state index in [1.54, 1.807) is 0 Å². The van der Waals surface area contributed by atoms with E-state index in [0.717, 1.165) is 33.3 Å². The van der Waals surface area contributed by atoms with Gasteiger partial charge in [-0.25, -0.2) is 4.79 Å². The van der Waals surface area contributed by atoms with Crippen LogP contribution in [0.4, 0.5) is 5.69 Å². The zero-order valence-corrected chi connectivity index (χ0v) is 17.2. The maximum absolute atomic E-state index is 12.5. The second-order valence-corrected chi connectivity index (χ2v) is 7.39. The molecule has 0 spiro atoms. The van der Waals surface area contributed by atoms with Crippen LogP contribution in [0.1, 0.15) is 29.2 Å². The maximum atomic E-state index is 12.5. The first-order chi connectivity index (χ1) is 13.8. The summed E-state index contributed by atoms with van der Waals surface area (Å²) in [6.07, 6.45) is 0.661. The number of likely N-dealkylation sites (N-methyl/N-ethyl adjacent to an activating group) is 1. The van der Waals surface area contributed by atoms with Crippen LogP contribution in [0.25, 0.3) is 11.0 Å². The van der Waals surface area contributed by atoms with Crippen molar-refractivity contribution in [3.63, 3.8) is 0 Å². The highest BCUT2D eigenvalue weighted by Crippen LogP contribution is 2.27. The van der Waals surface area contributed by atoms with Crippen molar-refractivity contribution in [2.45, 2.75) is 33.7 Å². The summed E-state index contributed by atoms with van der Waals surface area (Å²) in [6.45, 7) is 6.50. The van der Waals surface area contributed by atoms with Crippen LogP contribution in [0.15, 0.2) is 45.6 Å². The minimum Gasteiger partial charge on any atom is -0.508 e. The number of phenols is 1. The summed E-state index contributed by atoms with van der Waals surface area (Å²) in [7, 11) is 1.82. The van der Waals surface area contributed by atoms with E-state index in [1.807, 2.05) is 57.0 Å². The number of nitrogens with one attached hydrogen (secondary N) is 1. The number of carbonyl (C=O) groups excluding carboxylic acids is 1. The Hall–Kier alpha value is -3.12. The third kappa shape index (κ3) is 4.66. The first-order valence-electron chi connectivity index (χ1n) is 9.61. The summed E-state index contributed by atoms with van der Waals surface area (Å²) in [5.41, 5.74) is 4.36. The number of fused-ring (bicyclic) bond motifs is 1. The fraction of sp³-hybridized carbons (Fsp3) is 0.304. The second kappa shape index (κ2) is 8.49. The number of hydrogen-bond donors (Lipinski definition) is 2. The predicted octanol–water partition coefficient (Wildman–Crippen LogP) is 3.75. The van der Waals surface area contributed by atoms with E-state index >= 15 is 0 Å². The summed E-state index contributed by atoms with van der Waals surface area (Å²) in [4.78, 5) is 26.3. The normalized spacial score (nSPS) is 11.2. The average molecular weight is 394 g/mol. The molecule has 0 aliphatic heterocycles. The molecule has 6 heteroatoms. The van der Waals surface area contributed by atoms with Crippen molar-refractivity contribution in [1.82, 2.24) is 4.90 Å². The number of phenolic OH excluding ortho intramolecular Hbond substituents is 1. The molecular weight excluding hydrogens is 368 g/mol. The van der Waals surface area contributed by atoms with Crippen LogP contribution in [0.5, 0.6) is 5.75 Å². The third-order valence-electron chi connectivity index (χ3n) is 5.14. The summed E-state index contributed by atoms with van der Waals surface area (Å²) >= 11 is 0. The van der Waals surface area contributed by atoms with Crippen LogP contribution in [0.3, 0.4) is 0 Å². The fourth-order valence-corrected chi connectivity index (χ4v) is 3.39. The van der Waals surface area contributed by atoms with Gasteiger partial charge in [0.1, 0.15) is 11.3 Å². The molecule has 2 aromatic carbocycles. The molecule has 6 nitrogen and oxygen atoms in total. The zero-order valence-electron chi connectivity index (χ0n) is 17.2. The fourth-order valence-electron chi connectivity index (χ4n) is 3.39. The van der Waals surface area contributed by atoms with Gasteiger partial charge in [-0.05, 0) is 61.7 Å². The molecule has 0 bridgehead atoms. The van der Waals surface area contributed by atoms with Gasteiger partial charge in [0.2, 0.25) is 5.91 Å². The second-order valence-electron chi connectivity index (χ2n) is 7.39. The number of aromatic hydroxyl groups is 1. The Labute approximate surface area is 169 Å². The Balaban J connectivity index is 1.78. The number of carbonyl (C=O) groups is 1. The first-order valence-corrected chi connectivity index (χ1v) is 9.61. The number of aryl methyl sites for hydroxylation is 2. The minimum absolute atomic E-state index is 0.113. The highest BCUT2D eigenvalue weighted by molar-refractivity contribution is 5.93. The molecule has 0 unspecified atom stereocenters. The lowest BCUT2D eigenvalue weighted by molar-refractivity contribution is -0.117. The summed E-state index contributed by atoms with van der Waals surface area (Å²) in [6, 6.07) is 10.6. The number of anilines is 1. The number of hydrogen-bond acceptors (Lipinski definition) is 5. The first kappa shape index (κ1) is 20.6. The average Bonchev–Trinajstić information content (AvgIpc) is 2.64. The molecule has 1 aromatic heterocycles. The van der Waals surface area contributed by atoms with Crippen LogP contribution < -0.4 is 10.9 Å². The Kier molecular flexibility index (Phi) is 6.03. The molecule has 0 radical (unpaired) electrons. The summed E-state index contributed by atoms with van der Waals surface area (Å²) < 4.78 is 5.24. The molecule has 0 aliphatic rings. The Morgan fingerprint density at radius 2 is 1.93 bits per heavy atom. The molecule has 1 amide bonds. The Morgan fingerprint density at radius 3 is 2.66 bits per heavy atom. The molecule has 0 saturated heterocycles. The van der Waals surface area contributed by atoms with Gasteiger partial charge in [-0.3, -0.25) is 9.69 Å². The van der Waals surface area contributed by atoms with Gasteiger partial charge in [-0.15, -0.1) is 0 Å². The topological polar surface area (TPSA) is 82.8 Å². The van der Waals surface area contributed by atoms with Crippen molar-refractivity contribution < 1.29 is 14.3 Å². The quantitative estimate of drug-likeness (QED) is 0.622. The molecule has 29 heavy (non-hydrogen) atoms. The van der Waals surface area contributed by atoms with Gasteiger partial charge in [0.05, 0.1) is 6.54 Å². The number of rotatable bonds is 6. The SMILES string of the molecule is CCc1cc2c(CN(C)CC(=O)Nc3cccc(C)c3C)cc(=O)oc2cc1O. The van der Waals surface area contributed by atoms with E-state index in [2.05, 4.69) is 5.32 Å². The van der Waals surface area contributed by atoms with E-state index in [0.29, 0.717) is 18.5 Å². The van der Waals surface area contributed by atoms with Gasteiger partial charge in [0.25, 0.3) is 0 Å². The molecule has 0 aliphatic carbocycles. The monoisotopic (exact) mass is 394 g/mol. The van der Waals surface area contributed by atoms with Gasteiger partial charge >= 0.3 is 5.63 Å².